The Bertz CT molecular complexity index is 989. The van der Waals surface area contributed by atoms with Gasteiger partial charge in [0.1, 0.15) is 0 Å². The molecule has 0 aliphatic carbocycles. The van der Waals surface area contributed by atoms with Crippen LogP contribution in [0.4, 0.5) is 5.69 Å². The van der Waals surface area contributed by atoms with E-state index >= 15 is 0 Å². The maximum Gasteiger partial charge on any atom is 0.262 e. The molecule has 4 rings (SSSR count). The van der Waals surface area contributed by atoms with Gasteiger partial charge in [-0.25, -0.2) is 0 Å². The SMILES string of the molecule is O=C1Nc2cc(C(=O)NCCN3CCOCC3)ccc2SC1=Cc1cccc(Cl)c1. The number of ether oxygens (including phenoxy) is 1. The molecule has 156 valence electrons. The van der Waals surface area contributed by atoms with Crippen LogP contribution in [0, 0.1) is 0 Å². The summed E-state index contributed by atoms with van der Waals surface area (Å²) < 4.78 is 5.33. The fourth-order valence-electron chi connectivity index (χ4n) is 3.30. The maximum absolute atomic E-state index is 12.5. The molecule has 1 saturated heterocycles. The number of hydrogen-bond acceptors (Lipinski definition) is 5. The Hall–Kier alpha value is -2.32. The van der Waals surface area contributed by atoms with Gasteiger partial charge in [-0.2, -0.15) is 0 Å². The highest BCUT2D eigenvalue weighted by Crippen LogP contribution is 2.39. The number of halogens is 1. The third-order valence-electron chi connectivity index (χ3n) is 4.90. The largest absolute Gasteiger partial charge is 0.379 e. The van der Waals surface area contributed by atoms with Gasteiger partial charge in [-0.05, 0) is 42.0 Å². The first-order valence-corrected chi connectivity index (χ1v) is 11.0. The minimum Gasteiger partial charge on any atom is -0.379 e. The van der Waals surface area contributed by atoms with E-state index in [-0.39, 0.29) is 11.8 Å². The van der Waals surface area contributed by atoms with Crippen LogP contribution in [0.3, 0.4) is 0 Å². The van der Waals surface area contributed by atoms with Crippen LogP contribution in [-0.2, 0) is 9.53 Å². The fraction of sp³-hybridized carbons (Fsp3) is 0.273. The van der Waals surface area contributed by atoms with Crippen molar-refractivity contribution in [2.24, 2.45) is 0 Å². The molecule has 0 spiro atoms. The first kappa shape index (κ1) is 20.9. The number of anilines is 1. The Kier molecular flexibility index (Phi) is 6.74. The Balaban J connectivity index is 1.40. The molecule has 2 aromatic rings. The molecule has 30 heavy (non-hydrogen) atoms. The molecule has 2 amide bonds. The van der Waals surface area contributed by atoms with Crippen molar-refractivity contribution in [3.8, 4) is 0 Å². The maximum atomic E-state index is 12.5. The number of rotatable bonds is 5. The van der Waals surface area contributed by atoms with Crippen molar-refractivity contribution in [1.29, 1.82) is 0 Å². The number of morpholine rings is 1. The van der Waals surface area contributed by atoms with Crippen molar-refractivity contribution in [3.63, 3.8) is 0 Å². The van der Waals surface area contributed by atoms with E-state index in [1.807, 2.05) is 24.3 Å². The van der Waals surface area contributed by atoms with Crippen LogP contribution < -0.4 is 10.6 Å². The van der Waals surface area contributed by atoms with E-state index in [2.05, 4.69) is 15.5 Å². The van der Waals surface area contributed by atoms with Crippen LogP contribution in [0.25, 0.3) is 6.08 Å². The Morgan fingerprint density at radius 3 is 2.87 bits per heavy atom. The lowest BCUT2D eigenvalue weighted by atomic mass is 10.1. The number of nitrogens with zero attached hydrogens (tertiary/aromatic N) is 1. The summed E-state index contributed by atoms with van der Waals surface area (Å²) in [6.45, 7) is 4.63. The summed E-state index contributed by atoms with van der Waals surface area (Å²) in [6, 6.07) is 12.7. The van der Waals surface area contributed by atoms with Crippen molar-refractivity contribution in [3.05, 3.63) is 63.5 Å². The number of amides is 2. The van der Waals surface area contributed by atoms with Gasteiger partial charge in [0.05, 0.1) is 23.8 Å². The molecule has 0 unspecified atom stereocenters. The molecule has 2 aliphatic heterocycles. The zero-order valence-electron chi connectivity index (χ0n) is 16.3. The molecule has 2 heterocycles. The third kappa shape index (κ3) is 5.23. The Labute approximate surface area is 184 Å². The fourth-order valence-corrected chi connectivity index (χ4v) is 4.43. The van der Waals surface area contributed by atoms with Crippen LogP contribution in [0.5, 0.6) is 0 Å². The molecule has 2 N–H and O–H groups in total. The van der Waals surface area contributed by atoms with Crippen molar-refractivity contribution < 1.29 is 14.3 Å². The van der Waals surface area contributed by atoms with Gasteiger partial charge >= 0.3 is 0 Å². The molecule has 8 heteroatoms. The third-order valence-corrected chi connectivity index (χ3v) is 6.23. The van der Waals surface area contributed by atoms with Gasteiger partial charge in [0.25, 0.3) is 11.8 Å². The van der Waals surface area contributed by atoms with Crippen LogP contribution in [-0.4, -0.2) is 56.1 Å². The highest BCUT2D eigenvalue weighted by molar-refractivity contribution is 8.04. The first-order chi connectivity index (χ1) is 14.6. The second-order valence-corrected chi connectivity index (χ2v) is 8.56. The molecule has 0 atom stereocenters. The van der Waals surface area contributed by atoms with Gasteiger partial charge in [-0.15, -0.1) is 0 Å². The van der Waals surface area contributed by atoms with Crippen molar-refractivity contribution >= 4 is 46.9 Å². The second-order valence-electron chi connectivity index (χ2n) is 7.04. The van der Waals surface area contributed by atoms with Crippen molar-refractivity contribution in [2.75, 3.05) is 44.7 Å². The summed E-state index contributed by atoms with van der Waals surface area (Å²) in [4.78, 5) is 28.8. The summed E-state index contributed by atoms with van der Waals surface area (Å²) in [5.41, 5.74) is 2.04. The summed E-state index contributed by atoms with van der Waals surface area (Å²) in [5, 5.41) is 6.45. The Morgan fingerprint density at radius 1 is 1.23 bits per heavy atom. The molecule has 0 bridgehead atoms. The topological polar surface area (TPSA) is 70.7 Å². The molecule has 2 aliphatic rings. The minimum atomic E-state index is -0.197. The smallest absolute Gasteiger partial charge is 0.262 e. The van der Waals surface area contributed by atoms with Gasteiger partial charge in [0, 0.05) is 41.7 Å². The van der Waals surface area contributed by atoms with Gasteiger partial charge in [-0.3, -0.25) is 14.5 Å². The van der Waals surface area contributed by atoms with Crippen LogP contribution in [0.1, 0.15) is 15.9 Å². The molecule has 0 saturated carbocycles. The first-order valence-electron chi connectivity index (χ1n) is 9.77. The van der Waals surface area contributed by atoms with Crippen molar-refractivity contribution in [1.82, 2.24) is 10.2 Å². The quantitative estimate of drug-likeness (QED) is 0.692. The number of nitrogens with one attached hydrogen (secondary N) is 2. The lowest BCUT2D eigenvalue weighted by molar-refractivity contribution is -0.112. The van der Waals surface area contributed by atoms with E-state index in [9.17, 15) is 9.59 Å². The molecule has 0 aromatic heterocycles. The number of thioether (sulfide) groups is 1. The van der Waals surface area contributed by atoms with E-state index in [1.54, 1.807) is 24.3 Å². The Morgan fingerprint density at radius 2 is 2.07 bits per heavy atom. The average Bonchev–Trinajstić information content (AvgIpc) is 2.75. The zero-order valence-corrected chi connectivity index (χ0v) is 17.9. The summed E-state index contributed by atoms with van der Waals surface area (Å²) in [5.74, 6) is -0.345. The van der Waals surface area contributed by atoms with Crippen molar-refractivity contribution in [2.45, 2.75) is 4.90 Å². The second kappa shape index (κ2) is 9.66. The predicted octanol–water partition coefficient (Wildman–Crippen LogP) is 3.49. The van der Waals surface area contributed by atoms with E-state index in [1.165, 1.54) is 11.8 Å². The number of carbonyl (C=O) groups is 2. The highest BCUT2D eigenvalue weighted by Gasteiger charge is 2.22. The van der Waals surface area contributed by atoms with E-state index in [0.717, 1.165) is 43.3 Å². The molecule has 2 aromatic carbocycles. The molecule has 1 fully saturated rings. The molecular weight excluding hydrogens is 422 g/mol. The monoisotopic (exact) mass is 443 g/mol. The number of carbonyl (C=O) groups excluding carboxylic acids is 2. The molecule has 6 nitrogen and oxygen atoms in total. The summed E-state index contributed by atoms with van der Waals surface area (Å²) in [7, 11) is 0. The van der Waals surface area contributed by atoms with Crippen LogP contribution in [0.15, 0.2) is 52.3 Å². The number of hydrogen-bond donors (Lipinski definition) is 2. The van der Waals surface area contributed by atoms with Gasteiger partial charge in [0.2, 0.25) is 0 Å². The average molecular weight is 444 g/mol. The number of fused-ring (bicyclic) bond motifs is 1. The zero-order chi connectivity index (χ0) is 20.9. The van der Waals surface area contributed by atoms with E-state index < -0.39 is 0 Å². The standard InChI is InChI=1S/C22H22ClN3O3S/c23-17-3-1-2-15(12-17)13-20-22(28)25-18-14-16(4-5-19(18)30-20)21(27)24-6-7-26-8-10-29-11-9-26/h1-5,12-14H,6-11H2,(H,24,27)(H,25,28). The normalized spacial score (nSPS) is 18.0. The highest BCUT2D eigenvalue weighted by atomic mass is 35.5. The van der Waals surface area contributed by atoms with Gasteiger partial charge in [0.15, 0.2) is 0 Å². The van der Waals surface area contributed by atoms with Crippen LogP contribution in [0.2, 0.25) is 5.02 Å². The number of benzene rings is 2. The predicted molar refractivity (Wildman–Crippen MR) is 120 cm³/mol. The summed E-state index contributed by atoms with van der Waals surface area (Å²) >= 11 is 7.40. The molecular formula is C22H22ClN3O3S. The van der Waals surface area contributed by atoms with Crippen LogP contribution >= 0.6 is 23.4 Å². The lowest BCUT2D eigenvalue weighted by Gasteiger charge is -2.26. The van der Waals surface area contributed by atoms with Gasteiger partial charge < -0.3 is 15.4 Å². The van der Waals surface area contributed by atoms with E-state index in [4.69, 9.17) is 16.3 Å². The lowest BCUT2D eigenvalue weighted by Crippen LogP contribution is -2.41. The summed E-state index contributed by atoms with van der Waals surface area (Å²) in [6.07, 6.45) is 1.81. The minimum absolute atomic E-state index is 0.148. The molecule has 0 radical (unpaired) electrons. The van der Waals surface area contributed by atoms with E-state index in [0.29, 0.717) is 27.7 Å². The van der Waals surface area contributed by atoms with Gasteiger partial charge in [-0.1, -0.05) is 35.5 Å².